The molecule has 0 saturated carbocycles. The highest BCUT2D eigenvalue weighted by Crippen LogP contribution is 2.24. The zero-order chi connectivity index (χ0) is 18.8. The van der Waals surface area contributed by atoms with Crippen LogP contribution >= 0.6 is 11.6 Å². The van der Waals surface area contributed by atoms with E-state index < -0.39 is 24.5 Å². The van der Waals surface area contributed by atoms with Crippen molar-refractivity contribution in [3.8, 4) is 5.69 Å². The number of aliphatic carboxylic acids is 1. The van der Waals surface area contributed by atoms with E-state index in [1.807, 2.05) is 0 Å². The second-order valence-electron chi connectivity index (χ2n) is 5.26. The van der Waals surface area contributed by atoms with Crippen LogP contribution in [0.25, 0.3) is 16.9 Å². The molecule has 0 saturated heterocycles. The molecule has 0 aliphatic carbocycles. The number of nitrogens with two attached hydrogens (primary N) is 1. The molecule has 0 spiro atoms. The van der Waals surface area contributed by atoms with Gasteiger partial charge in [-0.05, 0) is 35.9 Å². The molecular weight excluding hydrogens is 364 g/mol. The number of imidazole rings is 1. The number of rotatable bonds is 6. The van der Waals surface area contributed by atoms with Crippen molar-refractivity contribution in [3.63, 3.8) is 0 Å². The number of carboxylic acids is 1. The number of hydrogen-bond donors (Lipinski definition) is 4. The molecule has 11 heteroatoms. The Morgan fingerprint density at radius 3 is 2.54 bits per heavy atom. The van der Waals surface area contributed by atoms with Crippen LogP contribution in [0.2, 0.25) is 5.28 Å². The van der Waals surface area contributed by atoms with E-state index in [4.69, 9.17) is 22.4 Å². The standard InChI is InChI=1S/C15H13ClN6O4/c16-15-20-12(19-9(5-23)14(25)26)10-13(21-15)22(6-18-10)8-3-1-7(2-4-8)11(17)24/h1-4,6,9,23H,5H2,(H2,17,24)(H,25,26)(H,19,20,21). The lowest BCUT2D eigenvalue weighted by Gasteiger charge is -2.12. The van der Waals surface area contributed by atoms with E-state index in [-0.39, 0.29) is 16.6 Å². The lowest BCUT2D eigenvalue weighted by Crippen LogP contribution is -2.33. The lowest BCUT2D eigenvalue weighted by molar-refractivity contribution is -0.138. The molecule has 10 nitrogen and oxygen atoms in total. The van der Waals surface area contributed by atoms with Gasteiger partial charge >= 0.3 is 5.97 Å². The van der Waals surface area contributed by atoms with Gasteiger partial charge in [-0.15, -0.1) is 0 Å². The topological polar surface area (TPSA) is 156 Å². The number of nitrogens with one attached hydrogen (secondary N) is 1. The van der Waals surface area contributed by atoms with Crippen molar-refractivity contribution in [2.24, 2.45) is 5.73 Å². The van der Waals surface area contributed by atoms with Crippen LogP contribution in [0, 0.1) is 0 Å². The highest BCUT2D eigenvalue weighted by Gasteiger charge is 2.20. The number of benzene rings is 1. The Balaban J connectivity index is 2.07. The SMILES string of the molecule is NC(=O)c1ccc(-n2cnc3c(NC(CO)C(=O)O)nc(Cl)nc32)cc1. The van der Waals surface area contributed by atoms with Crippen molar-refractivity contribution >= 4 is 40.5 Å². The van der Waals surface area contributed by atoms with Crippen molar-refractivity contribution in [3.05, 3.63) is 41.4 Å². The quantitative estimate of drug-likeness (QED) is 0.451. The number of aliphatic hydroxyl groups excluding tert-OH is 1. The maximum atomic E-state index is 11.2. The van der Waals surface area contributed by atoms with Gasteiger partial charge in [-0.2, -0.15) is 9.97 Å². The summed E-state index contributed by atoms with van der Waals surface area (Å²) in [6.45, 7) is -0.645. The van der Waals surface area contributed by atoms with E-state index in [2.05, 4.69) is 20.3 Å². The van der Waals surface area contributed by atoms with E-state index in [1.165, 1.54) is 6.33 Å². The molecule has 26 heavy (non-hydrogen) atoms. The van der Waals surface area contributed by atoms with Crippen molar-refractivity contribution < 1.29 is 19.8 Å². The first-order valence-corrected chi connectivity index (χ1v) is 7.69. The summed E-state index contributed by atoms with van der Waals surface area (Å²) in [7, 11) is 0. The second kappa shape index (κ2) is 6.94. The molecule has 5 N–H and O–H groups in total. The summed E-state index contributed by atoms with van der Waals surface area (Å²) in [5.41, 5.74) is 6.80. The Labute approximate surface area is 151 Å². The number of carbonyl (C=O) groups excluding carboxylic acids is 1. The van der Waals surface area contributed by atoms with Crippen LogP contribution in [-0.4, -0.2) is 54.3 Å². The van der Waals surface area contributed by atoms with Crippen LogP contribution in [-0.2, 0) is 4.79 Å². The van der Waals surface area contributed by atoms with Crippen molar-refractivity contribution in [2.75, 3.05) is 11.9 Å². The number of primary amides is 1. The van der Waals surface area contributed by atoms with Crippen LogP contribution < -0.4 is 11.1 Å². The Kier molecular flexibility index (Phi) is 4.69. The number of carbonyl (C=O) groups is 2. The molecule has 0 radical (unpaired) electrons. The van der Waals surface area contributed by atoms with Crippen LogP contribution in [0.15, 0.2) is 30.6 Å². The monoisotopic (exact) mass is 376 g/mol. The Morgan fingerprint density at radius 2 is 1.96 bits per heavy atom. The van der Waals surface area contributed by atoms with E-state index in [0.29, 0.717) is 16.9 Å². The smallest absolute Gasteiger partial charge is 0.328 e. The van der Waals surface area contributed by atoms with Gasteiger partial charge in [0.05, 0.1) is 6.61 Å². The van der Waals surface area contributed by atoms with E-state index in [1.54, 1.807) is 28.8 Å². The molecule has 134 valence electrons. The molecule has 1 aromatic carbocycles. The average molecular weight is 377 g/mol. The molecule has 1 atom stereocenters. The van der Waals surface area contributed by atoms with Crippen molar-refractivity contribution in [1.82, 2.24) is 19.5 Å². The summed E-state index contributed by atoms with van der Waals surface area (Å²) in [5.74, 6) is -1.72. The van der Waals surface area contributed by atoms with Gasteiger partial charge in [0, 0.05) is 11.3 Å². The van der Waals surface area contributed by atoms with Crippen LogP contribution in [0.4, 0.5) is 5.82 Å². The number of aliphatic hydroxyl groups is 1. The summed E-state index contributed by atoms with van der Waals surface area (Å²) >= 11 is 5.94. The van der Waals surface area contributed by atoms with E-state index in [9.17, 15) is 14.7 Å². The molecule has 0 bridgehead atoms. The molecule has 2 heterocycles. The molecule has 1 unspecified atom stereocenters. The van der Waals surface area contributed by atoms with E-state index >= 15 is 0 Å². The normalized spacial score (nSPS) is 12.1. The number of aromatic nitrogens is 4. The third kappa shape index (κ3) is 3.27. The van der Waals surface area contributed by atoms with Gasteiger partial charge in [-0.3, -0.25) is 9.36 Å². The first-order valence-electron chi connectivity index (χ1n) is 7.31. The van der Waals surface area contributed by atoms with Crippen molar-refractivity contribution in [1.29, 1.82) is 0 Å². The van der Waals surface area contributed by atoms with Crippen LogP contribution in [0.5, 0.6) is 0 Å². The molecule has 3 aromatic rings. The average Bonchev–Trinajstić information content (AvgIpc) is 3.03. The molecule has 2 aromatic heterocycles. The predicted octanol–water partition coefficient (Wildman–Crippen LogP) is 0.425. The third-order valence-corrected chi connectivity index (χ3v) is 3.76. The minimum Gasteiger partial charge on any atom is -0.480 e. The second-order valence-corrected chi connectivity index (χ2v) is 5.59. The number of nitrogens with zero attached hydrogens (tertiary/aromatic N) is 4. The van der Waals surface area contributed by atoms with E-state index in [0.717, 1.165) is 0 Å². The first kappa shape index (κ1) is 17.6. The zero-order valence-electron chi connectivity index (χ0n) is 13.1. The molecule has 3 rings (SSSR count). The summed E-state index contributed by atoms with van der Waals surface area (Å²) in [6, 6.07) is 5.13. The lowest BCUT2D eigenvalue weighted by atomic mass is 10.2. The summed E-state index contributed by atoms with van der Waals surface area (Å²) < 4.78 is 1.59. The minimum absolute atomic E-state index is 0.0777. The van der Waals surface area contributed by atoms with Gasteiger partial charge in [0.15, 0.2) is 17.0 Å². The van der Waals surface area contributed by atoms with Crippen LogP contribution in [0.1, 0.15) is 10.4 Å². The van der Waals surface area contributed by atoms with Gasteiger partial charge < -0.3 is 21.3 Å². The Bertz CT molecular complexity index is 988. The fraction of sp³-hybridized carbons (Fsp3) is 0.133. The Morgan fingerprint density at radius 1 is 1.27 bits per heavy atom. The van der Waals surface area contributed by atoms with Crippen LogP contribution in [0.3, 0.4) is 0 Å². The molecule has 0 aliphatic rings. The van der Waals surface area contributed by atoms with Gasteiger partial charge in [0.25, 0.3) is 0 Å². The number of carboxylic acid groups (broad SMARTS) is 1. The van der Waals surface area contributed by atoms with Gasteiger partial charge in [-0.25, -0.2) is 9.78 Å². The number of hydrogen-bond acceptors (Lipinski definition) is 7. The number of halogens is 1. The maximum Gasteiger partial charge on any atom is 0.328 e. The Hall–Kier alpha value is -3.24. The number of amides is 1. The van der Waals surface area contributed by atoms with Crippen molar-refractivity contribution in [2.45, 2.75) is 6.04 Å². The zero-order valence-corrected chi connectivity index (χ0v) is 13.9. The summed E-state index contributed by atoms with van der Waals surface area (Å²) in [5, 5.41) is 20.7. The molecule has 1 amide bonds. The molecular formula is C15H13ClN6O4. The number of anilines is 1. The first-order chi connectivity index (χ1) is 12.4. The predicted molar refractivity (Wildman–Crippen MR) is 92.3 cm³/mol. The maximum absolute atomic E-state index is 11.2. The number of fused-ring (bicyclic) bond motifs is 1. The summed E-state index contributed by atoms with van der Waals surface area (Å²) in [4.78, 5) is 34.5. The summed E-state index contributed by atoms with van der Waals surface area (Å²) in [6.07, 6.45) is 1.45. The minimum atomic E-state index is -1.27. The molecule has 0 aliphatic heterocycles. The largest absolute Gasteiger partial charge is 0.480 e. The van der Waals surface area contributed by atoms with Gasteiger partial charge in [0.2, 0.25) is 11.2 Å². The third-order valence-electron chi connectivity index (χ3n) is 3.59. The highest BCUT2D eigenvalue weighted by molar-refractivity contribution is 6.28. The molecule has 0 fully saturated rings. The fourth-order valence-corrected chi connectivity index (χ4v) is 2.46. The van der Waals surface area contributed by atoms with Gasteiger partial charge in [-0.1, -0.05) is 0 Å². The van der Waals surface area contributed by atoms with Gasteiger partial charge in [0.1, 0.15) is 12.4 Å². The fourth-order valence-electron chi connectivity index (χ4n) is 2.30. The highest BCUT2D eigenvalue weighted by atomic mass is 35.5.